The number of benzene rings is 1. The third-order valence-electron chi connectivity index (χ3n) is 1.45. The first kappa shape index (κ1) is 8.52. The lowest BCUT2D eigenvalue weighted by molar-refractivity contribution is 0.0956. The molecule has 0 unspecified atom stereocenters. The molecule has 0 aliphatic carbocycles. The molecule has 1 aromatic rings. The highest BCUT2D eigenvalue weighted by Crippen LogP contribution is 2.18. The minimum atomic E-state index is -0.727. The highest BCUT2D eigenvalue weighted by Gasteiger charge is 2.13. The Hall–Kier alpha value is -1.58. The zero-order valence-electron chi connectivity index (χ0n) is 6.47. The minimum absolute atomic E-state index is 0.319. The van der Waals surface area contributed by atoms with E-state index in [1.165, 1.54) is 19.2 Å². The number of rotatable bonds is 1. The van der Waals surface area contributed by atoms with Crippen LogP contribution in [-0.4, -0.2) is 18.1 Å². The van der Waals surface area contributed by atoms with Gasteiger partial charge in [-0.05, 0) is 12.1 Å². The molecule has 12 heavy (non-hydrogen) atoms. The fourth-order valence-electron chi connectivity index (χ4n) is 0.863. The van der Waals surface area contributed by atoms with Crippen LogP contribution in [0.5, 0.6) is 5.75 Å². The summed E-state index contributed by atoms with van der Waals surface area (Å²) in [5.41, 5.74) is -0.319. The smallest absolute Gasteiger partial charge is 0.257 e. The Morgan fingerprint density at radius 3 is 2.75 bits per heavy atom. The van der Waals surface area contributed by atoms with Gasteiger partial charge in [0.05, 0.1) is 0 Å². The Morgan fingerprint density at radius 1 is 1.58 bits per heavy atom. The largest absolute Gasteiger partial charge is 0.507 e. The van der Waals surface area contributed by atoms with Crippen LogP contribution >= 0.6 is 0 Å². The molecular weight excluding hydrogens is 161 g/mol. The van der Waals surface area contributed by atoms with Gasteiger partial charge in [0.15, 0.2) is 0 Å². The quantitative estimate of drug-likeness (QED) is 0.655. The molecule has 0 spiro atoms. The molecule has 0 atom stereocenters. The molecule has 0 saturated heterocycles. The number of halogens is 1. The van der Waals surface area contributed by atoms with Crippen molar-refractivity contribution in [3.8, 4) is 5.75 Å². The van der Waals surface area contributed by atoms with Gasteiger partial charge in [0, 0.05) is 7.05 Å². The topological polar surface area (TPSA) is 49.3 Å². The van der Waals surface area contributed by atoms with E-state index < -0.39 is 11.7 Å². The number of carbonyl (C=O) groups excluding carboxylic acids is 1. The lowest BCUT2D eigenvalue weighted by Crippen LogP contribution is -2.19. The van der Waals surface area contributed by atoms with Crippen molar-refractivity contribution in [3.63, 3.8) is 0 Å². The van der Waals surface area contributed by atoms with E-state index in [4.69, 9.17) is 5.11 Å². The molecule has 0 aliphatic rings. The van der Waals surface area contributed by atoms with Gasteiger partial charge in [0.2, 0.25) is 0 Å². The van der Waals surface area contributed by atoms with E-state index in [0.29, 0.717) is 0 Å². The number of nitrogens with one attached hydrogen (secondary N) is 1. The number of carbonyl (C=O) groups is 1. The molecule has 0 heterocycles. The molecular formula is C8H8FNO2. The van der Waals surface area contributed by atoms with E-state index in [0.717, 1.165) is 6.07 Å². The normalized spacial score (nSPS) is 9.50. The van der Waals surface area contributed by atoms with Crippen LogP contribution in [0.2, 0.25) is 0 Å². The molecule has 0 fully saturated rings. The van der Waals surface area contributed by atoms with Gasteiger partial charge in [-0.2, -0.15) is 0 Å². The second-order valence-corrected chi connectivity index (χ2v) is 2.21. The van der Waals surface area contributed by atoms with Gasteiger partial charge in [-0.1, -0.05) is 6.07 Å². The maximum atomic E-state index is 12.9. The minimum Gasteiger partial charge on any atom is -0.507 e. The van der Waals surface area contributed by atoms with Crippen LogP contribution in [0, 0.1) is 5.82 Å². The number of hydrogen-bond donors (Lipinski definition) is 2. The molecule has 2 N–H and O–H groups in total. The van der Waals surface area contributed by atoms with Crippen LogP contribution in [0.15, 0.2) is 18.2 Å². The van der Waals surface area contributed by atoms with Gasteiger partial charge < -0.3 is 10.4 Å². The van der Waals surface area contributed by atoms with E-state index in [9.17, 15) is 9.18 Å². The number of phenols is 1. The number of aromatic hydroxyl groups is 1. The van der Waals surface area contributed by atoms with Gasteiger partial charge >= 0.3 is 0 Å². The second-order valence-electron chi connectivity index (χ2n) is 2.21. The zero-order valence-corrected chi connectivity index (χ0v) is 6.47. The summed E-state index contributed by atoms with van der Waals surface area (Å²) in [5.74, 6) is -1.71. The summed E-state index contributed by atoms with van der Waals surface area (Å²) < 4.78 is 12.9. The number of phenolic OH excluding ortho intramolecular Hbond substituents is 1. The summed E-state index contributed by atoms with van der Waals surface area (Å²) >= 11 is 0. The predicted molar refractivity (Wildman–Crippen MR) is 41.5 cm³/mol. The summed E-state index contributed by atoms with van der Waals surface area (Å²) in [5, 5.41) is 11.3. The molecule has 1 aromatic carbocycles. The van der Waals surface area contributed by atoms with Gasteiger partial charge in [-0.15, -0.1) is 0 Å². The maximum absolute atomic E-state index is 12.9. The monoisotopic (exact) mass is 169 g/mol. The average Bonchev–Trinajstić information content (AvgIpc) is 2.03. The van der Waals surface area contributed by atoms with Gasteiger partial charge in [-0.25, -0.2) is 4.39 Å². The SMILES string of the molecule is CNC(=O)c1c(O)cccc1F. The van der Waals surface area contributed by atoms with Gasteiger partial charge in [0.1, 0.15) is 17.1 Å². The first-order chi connectivity index (χ1) is 5.66. The first-order valence-electron chi connectivity index (χ1n) is 3.36. The second kappa shape index (κ2) is 3.21. The summed E-state index contributed by atoms with van der Waals surface area (Å²) in [6.45, 7) is 0. The summed E-state index contributed by atoms with van der Waals surface area (Å²) in [6, 6.07) is 3.70. The Balaban J connectivity index is 3.21. The maximum Gasteiger partial charge on any atom is 0.257 e. The molecule has 3 nitrogen and oxygen atoms in total. The van der Waals surface area contributed by atoms with Crippen molar-refractivity contribution in [2.45, 2.75) is 0 Å². The Kier molecular flexibility index (Phi) is 2.28. The first-order valence-corrected chi connectivity index (χ1v) is 3.36. The molecule has 4 heteroatoms. The molecule has 0 aliphatic heterocycles. The highest BCUT2D eigenvalue weighted by molar-refractivity contribution is 5.96. The van der Waals surface area contributed by atoms with Crippen molar-refractivity contribution in [2.75, 3.05) is 7.05 Å². The highest BCUT2D eigenvalue weighted by atomic mass is 19.1. The van der Waals surface area contributed by atoms with E-state index in [2.05, 4.69) is 5.32 Å². The van der Waals surface area contributed by atoms with Crippen LogP contribution in [0.1, 0.15) is 10.4 Å². The van der Waals surface area contributed by atoms with Crippen LogP contribution in [-0.2, 0) is 0 Å². The van der Waals surface area contributed by atoms with Crippen LogP contribution < -0.4 is 5.32 Å². The zero-order chi connectivity index (χ0) is 9.14. The molecule has 1 amide bonds. The third kappa shape index (κ3) is 1.37. The fourth-order valence-corrected chi connectivity index (χ4v) is 0.863. The van der Waals surface area contributed by atoms with Gasteiger partial charge in [-0.3, -0.25) is 4.79 Å². The molecule has 0 saturated carbocycles. The van der Waals surface area contributed by atoms with Crippen molar-refractivity contribution in [3.05, 3.63) is 29.6 Å². The Morgan fingerprint density at radius 2 is 2.25 bits per heavy atom. The molecule has 1 rings (SSSR count). The van der Waals surface area contributed by atoms with Crippen molar-refractivity contribution in [1.29, 1.82) is 0 Å². The predicted octanol–water partition coefficient (Wildman–Crippen LogP) is 0.891. The van der Waals surface area contributed by atoms with Crippen molar-refractivity contribution < 1.29 is 14.3 Å². The average molecular weight is 169 g/mol. The number of amides is 1. The van der Waals surface area contributed by atoms with Crippen LogP contribution in [0.3, 0.4) is 0 Å². The van der Waals surface area contributed by atoms with Crippen molar-refractivity contribution in [1.82, 2.24) is 5.32 Å². The van der Waals surface area contributed by atoms with E-state index in [1.807, 2.05) is 0 Å². The molecule has 0 radical (unpaired) electrons. The third-order valence-corrected chi connectivity index (χ3v) is 1.45. The summed E-state index contributed by atoms with van der Waals surface area (Å²) in [4.78, 5) is 10.9. The lowest BCUT2D eigenvalue weighted by atomic mass is 10.2. The van der Waals surface area contributed by atoms with Gasteiger partial charge in [0.25, 0.3) is 5.91 Å². The summed E-state index contributed by atoms with van der Waals surface area (Å²) in [7, 11) is 1.37. The van der Waals surface area contributed by atoms with E-state index in [1.54, 1.807) is 0 Å². The molecule has 0 aromatic heterocycles. The molecule has 64 valence electrons. The van der Waals surface area contributed by atoms with E-state index >= 15 is 0 Å². The van der Waals surface area contributed by atoms with Crippen LogP contribution in [0.25, 0.3) is 0 Å². The molecule has 0 bridgehead atoms. The number of hydrogen-bond acceptors (Lipinski definition) is 2. The van der Waals surface area contributed by atoms with Crippen molar-refractivity contribution in [2.24, 2.45) is 0 Å². The standard InChI is InChI=1S/C8H8FNO2/c1-10-8(12)7-5(9)3-2-4-6(7)11/h2-4,11H,1H3,(H,10,12). The van der Waals surface area contributed by atoms with E-state index in [-0.39, 0.29) is 11.3 Å². The van der Waals surface area contributed by atoms with Crippen LogP contribution in [0.4, 0.5) is 4.39 Å². The fraction of sp³-hybridized carbons (Fsp3) is 0.125. The van der Waals surface area contributed by atoms with Crippen molar-refractivity contribution >= 4 is 5.91 Å². The lowest BCUT2D eigenvalue weighted by Gasteiger charge is -2.02. The Labute approximate surface area is 68.8 Å². The summed E-state index contributed by atoms with van der Waals surface area (Å²) in [6.07, 6.45) is 0. The Bertz CT molecular complexity index is 292.